The molecule has 0 fully saturated rings. The molecule has 0 saturated heterocycles. The summed E-state index contributed by atoms with van der Waals surface area (Å²) in [6, 6.07) is 2.83. The average Bonchev–Trinajstić information content (AvgIpc) is 2.16. The first kappa shape index (κ1) is 9.31. The van der Waals surface area contributed by atoms with Gasteiger partial charge in [0.15, 0.2) is 11.5 Å². The first-order valence-corrected chi connectivity index (χ1v) is 3.55. The van der Waals surface area contributed by atoms with Crippen LogP contribution in [0.5, 0.6) is 17.2 Å². The van der Waals surface area contributed by atoms with E-state index in [9.17, 15) is 5.11 Å². The highest BCUT2D eigenvalue weighted by Gasteiger charge is 2.10. The molecule has 0 amide bonds. The molecule has 1 aromatic carbocycles. The minimum Gasteiger partial charge on any atom is -0.504 e. The third-order valence-electron chi connectivity index (χ3n) is 1.57. The van der Waals surface area contributed by atoms with Gasteiger partial charge >= 0.3 is 0 Å². The lowest BCUT2D eigenvalue weighted by Gasteiger charge is -2.08. The number of nitrogens with zero attached hydrogens (tertiary/aromatic N) is 1. The molecule has 70 valence electrons. The molecule has 2 N–H and O–H groups in total. The minimum atomic E-state index is -0.0900. The van der Waals surface area contributed by atoms with Crippen molar-refractivity contribution in [1.82, 2.24) is 0 Å². The number of nitrogens with one attached hydrogen (secondary N) is 1. The highest BCUT2D eigenvalue weighted by Crippen LogP contribution is 2.39. The summed E-state index contributed by atoms with van der Waals surface area (Å²) in [5.74, 6) is 0.510. The lowest BCUT2D eigenvalue weighted by molar-refractivity contribution is 0.333. The summed E-state index contributed by atoms with van der Waals surface area (Å²) in [5, 5.41) is 12.6. The van der Waals surface area contributed by atoms with E-state index in [0.717, 1.165) is 0 Å². The van der Waals surface area contributed by atoms with E-state index >= 15 is 0 Å². The number of benzene rings is 1. The number of aromatic hydroxyl groups is 1. The Labute approximate surface area is 75.4 Å². The number of phenolic OH excluding ortho intramolecular Hbond substituents is 1. The number of methoxy groups -OCH3 is 2. The number of hydrogen-bond donors (Lipinski definition) is 2. The van der Waals surface area contributed by atoms with Crippen LogP contribution in [0.3, 0.4) is 0 Å². The van der Waals surface area contributed by atoms with Crippen molar-refractivity contribution < 1.29 is 14.6 Å². The molecular weight excluding hydrogens is 172 g/mol. The van der Waals surface area contributed by atoms with Gasteiger partial charge in [-0.3, -0.25) is 0 Å². The van der Waals surface area contributed by atoms with E-state index in [-0.39, 0.29) is 11.5 Å². The molecule has 5 nitrogen and oxygen atoms in total. The van der Waals surface area contributed by atoms with Crippen molar-refractivity contribution in [1.29, 1.82) is 5.53 Å². The second-order valence-corrected chi connectivity index (χ2v) is 2.31. The Bertz CT molecular complexity index is 325. The van der Waals surface area contributed by atoms with Crippen LogP contribution in [0.25, 0.3) is 0 Å². The van der Waals surface area contributed by atoms with Crippen LogP contribution in [0.2, 0.25) is 0 Å². The van der Waals surface area contributed by atoms with Gasteiger partial charge in [-0.05, 0) is 0 Å². The van der Waals surface area contributed by atoms with Crippen molar-refractivity contribution in [2.75, 3.05) is 14.2 Å². The zero-order valence-electron chi connectivity index (χ0n) is 7.37. The van der Waals surface area contributed by atoms with Crippen molar-refractivity contribution in [2.24, 2.45) is 5.11 Å². The van der Waals surface area contributed by atoms with Crippen molar-refractivity contribution in [3.63, 3.8) is 0 Å². The smallest absolute Gasteiger partial charge is 0.203 e. The molecule has 0 bridgehead atoms. The van der Waals surface area contributed by atoms with Crippen LogP contribution in [-0.4, -0.2) is 19.3 Å². The second-order valence-electron chi connectivity index (χ2n) is 2.31. The standard InChI is InChI=1S/C8H10N2O3/c1-12-7-4-5(10-9)3-6(11)8(7)13-2/h3-4,9,11H,1-2H3. The van der Waals surface area contributed by atoms with Crippen molar-refractivity contribution in [3.8, 4) is 17.2 Å². The number of hydrogen-bond acceptors (Lipinski definition) is 5. The first-order valence-electron chi connectivity index (χ1n) is 3.55. The molecule has 5 heteroatoms. The molecule has 0 saturated carbocycles. The fraction of sp³-hybridized carbons (Fsp3) is 0.250. The van der Waals surface area contributed by atoms with Crippen LogP contribution in [0.1, 0.15) is 0 Å². The Hall–Kier alpha value is -1.78. The fourth-order valence-corrected chi connectivity index (χ4v) is 0.995. The van der Waals surface area contributed by atoms with E-state index in [0.29, 0.717) is 11.4 Å². The SMILES string of the molecule is COc1cc(N=N)cc(O)c1OC. The van der Waals surface area contributed by atoms with E-state index in [1.54, 1.807) is 0 Å². The van der Waals surface area contributed by atoms with Crippen LogP contribution >= 0.6 is 0 Å². The topological polar surface area (TPSA) is 74.9 Å². The number of rotatable bonds is 3. The maximum absolute atomic E-state index is 9.39. The van der Waals surface area contributed by atoms with Gasteiger partial charge in [0.05, 0.1) is 19.9 Å². The lowest BCUT2D eigenvalue weighted by atomic mass is 10.2. The van der Waals surface area contributed by atoms with Crippen molar-refractivity contribution in [3.05, 3.63) is 12.1 Å². The van der Waals surface area contributed by atoms with Gasteiger partial charge in [0, 0.05) is 12.1 Å². The van der Waals surface area contributed by atoms with Gasteiger partial charge in [-0.25, -0.2) is 5.53 Å². The number of ether oxygens (including phenoxy) is 2. The summed E-state index contributed by atoms with van der Waals surface area (Å²) in [7, 11) is 2.88. The maximum atomic E-state index is 9.39. The zero-order valence-corrected chi connectivity index (χ0v) is 7.37. The Morgan fingerprint density at radius 3 is 2.46 bits per heavy atom. The highest BCUT2D eigenvalue weighted by molar-refractivity contribution is 5.59. The van der Waals surface area contributed by atoms with Gasteiger partial charge in [0.1, 0.15) is 0 Å². The third kappa shape index (κ3) is 1.69. The predicted octanol–water partition coefficient (Wildman–Crippen LogP) is 2.07. The van der Waals surface area contributed by atoms with E-state index in [1.165, 1.54) is 26.4 Å². The molecule has 1 aromatic rings. The molecule has 0 aliphatic carbocycles. The molecule has 0 aliphatic rings. The van der Waals surface area contributed by atoms with Gasteiger partial charge < -0.3 is 14.6 Å². The largest absolute Gasteiger partial charge is 0.504 e. The second kappa shape index (κ2) is 3.75. The molecule has 0 atom stereocenters. The third-order valence-corrected chi connectivity index (χ3v) is 1.57. The van der Waals surface area contributed by atoms with Crippen LogP contribution in [0, 0.1) is 5.53 Å². The number of phenols is 1. The fourth-order valence-electron chi connectivity index (χ4n) is 0.995. The predicted molar refractivity (Wildman–Crippen MR) is 46.0 cm³/mol. The normalized spacial score (nSPS) is 9.38. The summed E-state index contributed by atoms with van der Waals surface area (Å²) >= 11 is 0. The van der Waals surface area contributed by atoms with E-state index in [4.69, 9.17) is 15.0 Å². The average molecular weight is 182 g/mol. The summed E-state index contributed by atoms with van der Waals surface area (Å²) in [6.45, 7) is 0. The monoisotopic (exact) mass is 182 g/mol. The van der Waals surface area contributed by atoms with Gasteiger partial charge in [-0.15, -0.1) is 0 Å². The summed E-state index contributed by atoms with van der Waals surface area (Å²) in [6.07, 6.45) is 0. The molecule has 1 rings (SSSR count). The maximum Gasteiger partial charge on any atom is 0.203 e. The Kier molecular flexibility index (Phi) is 2.69. The van der Waals surface area contributed by atoms with Gasteiger partial charge in [-0.2, -0.15) is 5.11 Å². The summed E-state index contributed by atoms with van der Waals surface area (Å²) in [5.41, 5.74) is 7.07. The molecule has 0 spiro atoms. The van der Waals surface area contributed by atoms with Crippen molar-refractivity contribution >= 4 is 5.69 Å². The Morgan fingerprint density at radius 2 is 2.00 bits per heavy atom. The molecular formula is C8H10N2O3. The highest BCUT2D eigenvalue weighted by atomic mass is 16.5. The van der Waals surface area contributed by atoms with Gasteiger partial charge in [-0.1, -0.05) is 0 Å². The first-order chi connectivity index (χ1) is 6.22. The van der Waals surface area contributed by atoms with E-state index in [2.05, 4.69) is 5.11 Å². The van der Waals surface area contributed by atoms with Crippen molar-refractivity contribution in [2.45, 2.75) is 0 Å². The summed E-state index contributed by atoms with van der Waals surface area (Å²) < 4.78 is 9.82. The lowest BCUT2D eigenvalue weighted by Crippen LogP contribution is -1.90. The van der Waals surface area contributed by atoms with Crippen LogP contribution in [0.15, 0.2) is 17.2 Å². The Morgan fingerprint density at radius 1 is 1.31 bits per heavy atom. The molecule has 0 aromatic heterocycles. The van der Waals surface area contributed by atoms with Gasteiger partial charge in [0.2, 0.25) is 5.75 Å². The van der Waals surface area contributed by atoms with E-state index < -0.39 is 0 Å². The quantitative estimate of drug-likeness (QED) is 0.702. The summed E-state index contributed by atoms with van der Waals surface area (Å²) in [4.78, 5) is 0. The molecule has 0 unspecified atom stereocenters. The molecule has 0 aliphatic heterocycles. The van der Waals surface area contributed by atoms with Crippen LogP contribution in [-0.2, 0) is 0 Å². The Balaban J connectivity index is 3.28. The van der Waals surface area contributed by atoms with Crippen LogP contribution in [0.4, 0.5) is 5.69 Å². The molecule has 0 heterocycles. The zero-order chi connectivity index (χ0) is 9.84. The minimum absolute atomic E-state index is 0.0900. The molecule has 13 heavy (non-hydrogen) atoms. The van der Waals surface area contributed by atoms with Crippen LogP contribution < -0.4 is 9.47 Å². The molecule has 0 radical (unpaired) electrons. The van der Waals surface area contributed by atoms with Gasteiger partial charge in [0.25, 0.3) is 0 Å². The van der Waals surface area contributed by atoms with E-state index in [1.807, 2.05) is 0 Å².